The number of phenolic OH excluding ortho intramolecular Hbond substituents is 1. The topological polar surface area (TPSA) is 109 Å². The molecule has 0 unspecified atom stereocenters. The van der Waals surface area contributed by atoms with E-state index in [0.29, 0.717) is 16.6 Å². The summed E-state index contributed by atoms with van der Waals surface area (Å²) in [5, 5.41) is 21.3. The summed E-state index contributed by atoms with van der Waals surface area (Å²) in [6.45, 7) is 2.09. The average Bonchev–Trinajstić information content (AvgIpc) is 3.09. The Bertz CT molecular complexity index is 1060. The highest BCUT2D eigenvalue weighted by Gasteiger charge is 2.25. The van der Waals surface area contributed by atoms with Crippen molar-refractivity contribution in [3.63, 3.8) is 0 Å². The highest BCUT2D eigenvalue weighted by atomic mass is 35.5. The van der Waals surface area contributed by atoms with Crippen LogP contribution in [0.15, 0.2) is 30.5 Å². The predicted octanol–water partition coefficient (Wildman–Crippen LogP) is 2.49. The van der Waals surface area contributed by atoms with Crippen molar-refractivity contribution in [2.45, 2.75) is 19.4 Å². The van der Waals surface area contributed by atoms with Gasteiger partial charge in [0.15, 0.2) is 5.65 Å². The van der Waals surface area contributed by atoms with Gasteiger partial charge in [0.2, 0.25) is 11.9 Å². The van der Waals surface area contributed by atoms with Crippen molar-refractivity contribution in [2.24, 2.45) is 11.7 Å². The zero-order valence-electron chi connectivity index (χ0n) is 16.1. The van der Waals surface area contributed by atoms with Gasteiger partial charge in [-0.25, -0.2) is 0 Å². The third kappa shape index (κ3) is 3.91. The molecule has 3 heterocycles. The molecule has 3 aromatic rings. The smallest absolute Gasteiger partial charge is 0.235 e. The second-order valence-electron chi connectivity index (χ2n) is 7.40. The molecule has 0 atom stereocenters. The van der Waals surface area contributed by atoms with Crippen molar-refractivity contribution in [1.82, 2.24) is 19.5 Å². The van der Waals surface area contributed by atoms with Crippen LogP contribution in [0.1, 0.15) is 18.4 Å². The van der Waals surface area contributed by atoms with E-state index in [1.807, 2.05) is 12.3 Å². The zero-order valence-corrected chi connectivity index (χ0v) is 16.9. The Labute approximate surface area is 173 Å². The van der Waals surface area contributed by atoms with Gasteiger partial charge in [0.1, 0.15) is 5.75 Å². The van der Waals surface area contributed by atoms with E-state index in [-0.39, 0.29) is 24.1 Å². The molecule has 4 rings (SSSR count). The van der Waals surface area contributed by atoms with Crippen molar-refractivity contribution in [3.05, 3.63) is 41.0 Å². The van der Waals surface area contributed by atoms with Crippen LogP contribution in [-0.2, 0) is 11.3 Å². The molecule has 1 aliphatic heterocycles. The van der Waals surface area contributed by atoms with Gasteiger partial charge in [0.25, 0.3) is 0 Å². The number of carbonyl (C=O) groups is 1. The Hall–Kier alpha value is -2.68. The number of phenols is 1. The summed E-state index contributed by atoms with van der Waals surface area (Å²) in [6, 6.07) is 6.62. The number of aromatic nitrogens is 3. The fourth-order valence-corrected chi connectivity index (χ4v) is 3.95. The molecule has 1 saturated heterocycles. The molecule has 152 valence electrons. The summed E-state index contributed by atoms with van der Waals surface area (Å²) in [6.07, 6.45) is 3.47. The quantitative estimate of drug-likeness (QED) is 0.605. The van der Waals surface area contributed by atoms with Gasteiger partial charge in [0.05, 0.1) is 5.02 Å². The summed E-state index contributed by atoms with van der Waals surface area (Å²) < 4.78 is 1.73. The number of halogens is 1. The molecule has 0 bridgehead atoms. The highest BCUT2D eigenvalue weighted by Crippen LogP contribution is 2.34. The van der Waals surface area contributed by atoms with Crippen molar-refractivity contribution >= 4 is 29.1 Å². The maximum atomic E-state index is 12.7. The second kappa shape index (κ2) is 7.98. The average molecular weight is 415 g/mol. The van der Waals surface area contributed by atoms with Gasteiger partial charge in [-0.3, -0.25) is 14.5 Å². The molecule has 2 aromatic heterocycles. The lowest BCUT2D eigenvalue weighted by Gasteiger charge is -2.27. The molecule has 1 aromatic carbocycles. The van der Waals surface area contributed by atoms with Crippen molar-refractivity contribution in [1.29, 1.82) is 0 Å². The standard InChI is InChI=1S/C20H23ClN6O2/c1-26-6-4-12(5-7-26)19(29)23-20-25-24-18-8-13(10-22)16(11-27(18)20)15-3-2-14(28)9-17(15)21/h2-3,8-9,11-12,28H,4-7,10,22H2,1H3,(H,23,25,29). The van der Waals surface area contributed by atoms with Crippen LogP contribution >= 0.6 is 11.6 Å². The van der Waals surface area contributed by atoms with Crippen LogP contribution in [-0.4, -0.2) is 50.6 Å². The Morgan fingerprint density at radius 1 is 1.28 bits per heavy atom. The van der Waals surface area contributed by atoms with E-state index >= 15 is 0 Å². The molecule has 1 amide bonds. The van der Waals surface area contributed by atoms with E-state index in [9.17, 15) is 9.90 Å². The number of carbonyl (C=O) groups excluding carboxylic acids is 1. The summed E-state index contributed by atoms with van der Waals surface area (Å²) in [5.41, 5.74) is 8.88. The lowest BCUT2D eigenvalue weighted by Crippen LogP contribution is -2.36. The molecule has 0 radical (unpaired) electrons. The third-order valence-electron chi connectivity index (χ3n) is 5.42. The lowest BCUT2D eigenvalue weighted by atomic mass is 9.96. The lowest BCUT2D eigenvalue weighted by molar-refractivity contribution is -0.121. The molecule has 0 spiro atoms. The minimum Gasteiger partial charge on any atom is -0.508 e. The molecule has 9 heteroatoms. The second-order valence-corrected chi connectivity index (χ2v) is 7.81. The van der Waals surface area contributed by atoms with Crippen LogP contribution in [0.3, 0.4) is 0 Å². The maximum Gasteiger partial charge on any atom is 0.235 e. The monoisotopic (exact) mass is 414 g/mol. The van der Waals surface area contributed by atoms with Gasteiger partial charge in [-0.1, -0.05) is 11.6 Å². The van der Waals surface area contributed by atoms with Gasteiger partial charge in [-0.15, -0.1) is 10.2 Å². The summed E-state index contributed by atoms with van der Waals surface area (Å²) in [4.78, 5) is 14.9. The minimum atomic E-state index is -0.0421. The third-order valence-corrected chi connectivity index (χ3v) is 5.73. The van der Waals surface area contributed by atoms with Crippen LogP contribution in [0.2, 0.25) is 5.02 Å². The van der Waals surface area contributed by atoms with Crippen LogP contribution in [0, 0.1) is 5.92 Å². The first kappa shape index (κ1) is 19.6. The van der Waals surface area contributed by atoms with Crippen molar-refractivity contribution in [3.8, 4) is 16.9 Å². The number of nitrogens with one attached hydrogen (secondary N) is 1. The highest BCUT2D eigenvalue weighted by molar-refractivity contribution is 6.33. The van der Waals surface area contributed by atoms with E-state index < -0.39 is 0 Å². The Morgan fingerprint density at radius 2 is 2.03 bits per heavy atom. The van der Waals surface area contributed by atoms with Crippen LogP contribution < -0.4 is 11.1 Å². The number of amides is 1. The molecule has 8 nitrogen and oxygen atoms in total. The number of nitrogens with two attached hydrogens (primary N) is 1. The molecule has 1 fully saturated rings. The predicted molar refractivity (Wildman–Crippen MR) is 112 cm³/mol. The minimum absolute atomic E-state index is 0.0344. The number of hydrogen-bond donors (Lipinski definition) is 3. The maximum absolute atomic E-state index is 12.7. The number of rotatable bonds is 4. The number of likely N-dealkylation sites (tertiary alicyclic amines) is 1. The summed E-state index contributed by atoms with van der Waals surface area (Å²) >= 11 is 6.34. The number of hydrogen-bond acceptors (Lipinski definition) is 6. The van der Waals surface area contributed by atoms with E-state index in [1.54, 1.807) is 16.5 Å². The molecular formula is C20H23ClN6O2. The number of benzene rings is 1. The molecule has 0 aliphatic carbocycles. The van der Waals surface area contributed by atoms with Crippen molar-refractivity contribution in [2.75, 3.05) is 25.5 Å². The van der Waals surface area contributed by atoms with E-state index in [2.05, 4.69) is 27.5 Å². The normalized spacial score (nSPS) is 15.7. The number of pyridine rings is 1. The Kier molecular flexibility index (Phi) is 5.40. The van der Waals surface area contributed by atoms with Crippen LogP contribution in [0.5, 0.6) is 5.75 Å². The van der Waals surface area contributed by atoms with Crippen molar-refractivity contribution < 1.29 is 9.90 Å². The largest absolute Gasteiger partial charge is 0.508 e. The van der Waals surface area contributed by atoms with Crippen LogP contribution in [0.4, 0.5) is 5.95 Å². The molecule has 1 aliphatic rings. The molecule has 0 saturated carbocycles. The zero-order chi connectivity index (χ0) is 20.5. The number of piperidine rings is 1. The van der Waals surface area contributed by atoms with Crippen LogP contribution in [0.25, 0.3) is 16.8 Å². The Morgan fingerprint density at radius 3 is 2.72 bits per heavy atom. The molecular weight excluding hydrogens is 392 g/mol. The Balaban J connectivity index is 1.69. The number of anilines is 1. The first-order chi connectivity index (χ1) is 14.0. The molecule has 4 N–H and O–H groups in total. The van der Waals surface area contributed by atoms with Gasteiger partial charge in [-0.05, 0) is 62.8 Å². The number of nitrogens with zero attached hydrogens (tertiary/aromatic N) is 4. The van der Waals surface area contributed by atoms with E-state index in [1.165, 1.54) is 6.07 Å². The SMILES string of the molecule is CN1CCC(C(=O)Nc2nnc3cc(CN)c(-c4ccc(O)cc4Cl)cn23)CC1. The van der Waals surface area contributed by atoms with Gasteiger partial charge >= 0.3 is 0 Å². The van der Waals surface area contributed by atoms with Gasteiger partial charge < -0.3 is 15.7 Å². The number of fused-ring (bicyclic) bond motifs is 1. The first-order valence-corrected chi connectivity index (χ1v) is 9.90. The number of aromatic hydroxyl groups is 1. The van der Waals surface area contributed by atoms with E-state index in [0.717, 1.165) is 42.6 Å². The fourth-order valence-electron chi connectivity index (χ4n) is 3.68. The first-order valence-electron chi connectivity index (χ1n) is 9.52. The van der Waals surface area contributed by atoms with E-state index in [4.69, 9.17) is 17.3 Å². The van der Waals surface area contributed by atoms with Gasteiger partial charge in [-0.2, -0.15) is 0 Å². The summed E-state index contributed by atoms with van der Waals surface area (Å²) in [7, 11) is 2.06. The fraction of sp³-hybridized carbons (Fsp3) is 0.350. The summed E-state index contributed by atoms with van der Waals surface area (Å²) in [5.74, 6) is 0.376. The van der Waals surface area contributed by atoms with Gasteiger partial charge in [0, 0.05) is 29.8 Å². The molecule has 29 heavy (non-hydrogen) atoms.